The van der Waals surface area contributed by atoms with Crippen molar-refractivity contribution in [2.45, 2.75) is 41.5 Å². The topological polar surface area (TPSA) is 41.0 Å². The van der Waals surface area contributed by atoms with Crippen molar-refractivity contribution in [1.29, 1.82) is 0 Å². The van der Waals surface area contributed by atoms with Gasteiger partial charge in [0.15, 0.2) is 0 Å². The van der Waals surface area contributed by atoms with Crippen LogP contribution in [0.3, 0.4) is 0 Å². The number of nitrogens with zero attached hydrogens (tertiary/aromatic N) is 3. The van der Waals surface area contributed by atoms with Crippen LogP contribution in [0, 0.1) is 0 Å². The maximum absolute atomic E-state index is 4.49. The molecule has 1 N–H and O–H groups in total. The molecule has 0 bridgehead atoms. The SMILES string of the molecule is CC.CC.CCN(CC)c1ccc(Nc2cc(-c3cccc(-c4ccccc4)c3)ncn2)cc1. The highest BCUT2D eigenvalue weighted by Gasteiger charge is 2.06. The van der Waals surface area contributed by atoms with E-state index in [9.17, 15) is 0 Å². The van der Waals surface area contributed by atoms with E-state index in [2.05, 4.69) is 107 Å². The lowest BCUT2D eigenvalue weighted by Gasteiger charge is -2.21. The third-order valence-electron chi connectivity index (χ3n) is 5.20. The van der Waals surface area contributed by atoms with Crippen molar-refractivity contribution < 1.29 is 0 Å². The molecule has 4 nitrogen and oxygen atoms in total. The van der Waals surface area contributed by atoms with Gasteiger partial charge in [0.1, 0.15) is 12.1 Å². The Labute approximate surface area is 205 Å². The lowest BCUT2D eigenvalue weighted by molar-refractivity contribution is 0.866. The minimum Gasteiger partial charge on any atom is -0.372 e. The van der Waals surface area contributed by atoms with E-state index in [1.807, 2.05) is 39.8 Å². The zero-order chi connectivity index (χ0) is 24.8. The summed E-state index contributed by atoms with van der Waals surface area (Å²) < 4.78 is 0. The fourth-order valence-electron chi connectivity index (χ4n) is 3.56. The smallest absolute Gasteiger partial charge is 0.134 e. The summed E-state index contributed by atoms with van der Waals surface area (Å²) in [4.78, 5) is 11.2. The molecule has 0 aliphatic carbocycles. The van der Waals surface area contributed by atoms with Gasteiger partial charge < -0.3 is 10.2 Å². The highest BCUT2D eigenvalue weighted by atomic mass is 15.1. The number of aromatic nitrogens is 2. The third-order valence-corrected chi connectivity index (χ3v) is 5.20. The van der Waals surface area contributed by atoms with Crippen molar-refractivity contribution in [2.75, 3.05) is 23.3 Å². The molecule has 3 aromatic carbocycles. The van der Waals surface area contributed by atoms with Crippen LogP contribution in [0.1, 0.15) is 41.5 Å². The molecule has 0 atom stereocenters. The van der Waals surface area contributed by atoms with Crippen LogP contribution in [0.15, 0.2) is 91.3 Å². The van der Waals surface area contributed by atoms with E-state index >= 15 is 0 Å². The van der Waals surface area contributed by atoms with Gasteiger partial charge in [-0.15, -0.1) is 0 Å². The van der Waals surface area contributed by atoms with E-state index in [-0.39, 0.29) is 0 Å². The highest BCUT2D eigenvalue weighted by molar-refractivity contribution is 5.73. The number of hydrogen-bond acceptors (Lipinski definition) is 4. The van der Waals surface area contributed by atoms with Crippen LogP contribution in [-0.2, 0) is 0 Å². The second-order valence-electron chi connectivity index (χ2n) is 7.08. The van der Waals surface area contributed by atoms with Crippen LogP contribution in [-0.4, -0.2) is 23.1 Å². The molecule has 0 saturated carbocycles. The van der Waals surface area contributed by atoms with Crippen LogP contribution in [0.25, 0.3) is 22.4 Å². The van der Waals surface area contributed by atoms with Crippen LogP contribution in [0.4, 0.5) is 17.2 Å². The van der Waals surface area contributed by atoms with E-state index in [1.165, 1.54) is 16.8 Å². The first-order valence-corrected chi connectivity index (χ1v) is 12.4. The lowest BCUT2D eigenvalue weighted by atomic mass is 10.0. The van der Waals surface area contributed by atoms with Gasteiger partial charge >= 0.3 is 0 Å². The van der Waals surface area contributed by atoms with E-state index < -0.39 is 0 Å². The molecule has 0 fully saturated rings. The number of rotatable bonds is 7. The average Bonchev–Trinajstić information content (AvgIpc) is 2.93. The van der Waals surface area contributed by atoms with Gasteiger partial charge in [-0.2, -0.15) is 0 Å². The zero-order valence-corrected chi connectivity index (χ0v) is 21.4. The van der Waals surface area contributed by atoms with Crippen LogP contribution in [0.5, 0.6) is 0 Å². The first-order chi connectivity index (χ1) is 16.8. The Bertz CT molecular complexity index is 1090. The van der Waals surface area contributed by atoms with Crippen LogP contribution < -0.4 is 10.2 Å². The Morgan fingerprint density at radius 3 is 1.91 bits per heavy atom. The first kappa shape index (κ1) is 26.6. The fourth-order valence-corrected chi connectivity index (χ4v) is 3.56. The average molecular weight is 455 g/mol. The molecule has 34 heavy (non-hydrogen) atoms. The summed E-state index contributed by atoms with van der Waals surface area (Å²) in [7, 11) is 0. The second kappa shape index (κ2) is 14.5. The molecular formula is C30H38N4. The molecule has 4 rings (SSSR count). The summed E-state index contributed by atoms with van der Waals surface area (Å²) in [5.74, 6) is 0.778. The summed E-state index contributed by atoms with van der Waals surface area (Å²) in [5, 5.41) is 3.39. The maximum atomic E-state index is 4.49. The minimum atomic E-state index is 0.778. The first-order valence-electron chi connectivity index (χ1n) is 12.4. The lowest BCUT2D eigenvalue weighted by Crippen LogP contribution is -2.21. The second-order valence-corrected chi connectivity index (χ2v) is 7.08. The molecule has 0 saturated heterocycles. The van der Waals surface area contributed by atoms with Crippen molar-refractivity contribution >= 4 is 17.2 Å². The Morgan fingerprint density at radius 2 is 1.26 bits per heavy atom. The van der Waals surface area contributed by atoms with E-state index in [0.717, 1.165) is 35.9 Å². The number of hydrogen-bond donors (Lipinski definition) is 1. The molecule has 0 aliphatic heterocycles. The molecule has 0 unspecified atom stereocenters. The Kier molecular flexibility index (Phi) is 11.3. The predicted molar refractivity (Wildman–Crippen MR) is 149 cm³/mol. The molecular weight excluding hydrogens is 416 g/mol. The quantitative estimate of drug-likeness (QED) is 0.304. The monoisotopic (exact) mass is 454 g/mol. The van der Waals surface area contributed by atoms with Crippen LogP contribution in [0.2, 0.25) is 0 Å². The predicted octanol–water partition coefficient (Wildman–Crippen LogP) is 8.45. The van der Waals surface area contributed by atoms with E-state index in [0.29, 0.717) is 0 Å². The van der Waals surface area contributed by atoms with Gasteiger partial charge in [0.2, 0.25) is 0 Å². The van der Waals surface area contributed by atoms with Gasteiger partial charge in [0.25, 0.3) is 0 Å². The number of nitrogens with one attached hydrogen (secondary N) is 1. The third kappa shape index (κ3) is 7.17. The summed E-state index contributed by atoms with van der Waals surface area (Å²) in [6.45, 7) is 14.3. The van der Waals surface area contributed by atoms with Crippen molar-refractivity contribution in [3.63, 3.8) is 0 Å². The zero-order valence-electron chi connectivity index (χ0n) is 21.4. The molecule has 0 amide bonds. The summed E-state index contributed by atoms with van der Waals surface area (Å²) in [5.41, 5.74) is 6.57. The van der Waals surface area contributed by atoms with Crippen molar-refractivity contribution in [2.24, 2.45) is 0 Å². The molecule has 0 aliphatic rings. The highest BCUT2D eigenvalue weighted by Crippen LogP contribution is 2.27. The van der Waals surface area contributed by atoms with Gasteiger partial charge in [-0.1, -0.05) is 76.2 Å². The van der Waals surface area contributed by atoms with Crippen molar-refractivity contribution in [3.8, 4) is 22.4 Å². The summed E-state index contributed by atoms with van der Waals surface area (Å²) in [6, 6.07) is 29.3. The Hall–Kier alpha value is -3.66. The molecule has 4 heteroatoms. The molecule has 0 radical (unpaired) electrons. The van der Waals surface area contributed by atoms with E-state index in [1.54, 1.807) is 6.33 Å². The minimum absolute atomic E-state index is 0.778. The Morgan fingerprint density at radius 1 is 0.647 bits per heavy atom. The van der Waals surface area contributed by atoms with Gasteiger partial charge in [-0.25, -0.2) is 9.97 Å². The van der Waals surface area contributed by atoms with Gasteiger partial charge in [0, 0.05) is 36.1 Å². The summed E-state index contributed by atoms with van der Waals surface area (Å²) >= 11 is 0. The van der Waals surface area contributed by atoms with Gasteiger partial charge in [0.05, 0.1) is 5.69 Å². The van der Waals surface area contributed by atoms with E-state index in [4.69, 9.17) is 0 Å². The van der Waals surface area contributed by atoms with Gasteiger partial charge in [-0.3, -0.25) is 0 Å². The largest absolute Gasteiger partial charge is 0.372 e. The standard InChI is InChI=1S/C26H26N4.2C2H6/c1-3-30(4-2)24-15-13-23(14-16-24)29-26-18-25(27-19-28-26)22-12-8-11-21(17-22)20-9-6-5-7-10-20;2*1-2/h5-19H,3-4H2,1-2H3,(H,27,28,29);2*1-2H3. The van der Waals surface area contributed by atoms with Crippen molar-refractivity contribution in [1.82, 2.24) is 9.97 Å². The molecule has 0 spiro atoms. The summed E-state index contributed by atoms with van der Waals surface area (Å²) in [6.07, 6.45) is 1.61. The molecule has 4 aromatic rings. The fraction of sp³-hybridized carbons (Fsp3) is 0.267. The maximum Gasteiger partial charge on any atom is 0.134 e. The normalized spacial score (nSPS) is 9.71. The van der Waals surface area contributed by atoms with Crippen LogP contribution >= 0.6 is 0 Å². The van der Waals surface area contributed by atoms with Crippen molar-refractivity contribution in [3.05, 3.63) is 91.3 Å². The Balaban J connectivity index is 0.000000970. The number of benzene rings is 3. The molecule has 1 aromatic heterocycles. The molecule has 178 valence electrons. The van der Waals surface area contributed by atoms with Gasteiger partial charge in [-0.05, 0) is 55.3 Å². The number of anilines is 3. The molecule has 1 heterocycles.